The Morgan fingerprint density at radius 3 is 1.35 bits per heavy atom. The quantitative estimate of drug-likeness (QED) is 0.158. The highest BCUT2D eigenvalue weighted by atomic mass is 16.5. The Hall–Kier alpha value is -6.16. The number of methoxy groups -OCH3 is 4. The number of para-hydroxylation sites is 2. The number of rotatable bonds is 11. The van der Waals surface area contributed by atoms with Crippen molar-refractivity contribution in [1.82, 2.24) is 20.6 Å². The van der Waals surface area contributed by atoms with Gasteiger partial charge < -0.3 is 29.6 Å². The molecule has 2 amide bonds. The summed E-state index contributed by atoms with van der Waals surface area (Å²) in [7, 11) is 6.33. The van der Waals surface area contributed by atoms with Gasteiger partial charge in [0.15, 0.2) is 0 Å². The lowest BCUT2D eigenvalue weighted by Crippen LogP contribution is -2.35. The second-order valence-electron chi connectivity index (χ2n) is 10.8. The van der Waals surface area contributed by atoms with Gasteiger partial charge in [0.1, 0.15) is 23.0 Å². The maximum atomic E-state index is 13.6. The molecule has 242 valence electrons. The Bertz CT molecular complexity index is 2000. The van der Waals surface area contributed by atoms with E-state index >= 15 is 0 Å². The average molecular weight is 643 g/mol. The van der Waals surface area contributed by atoms with E-state index in [1.807, 2.05) is 72.8 Å². The van der Waals surface area contributed by atoms with Crippen molar-refractivity contribution in [3.8, 4) is 45.5 Å². The Morgan fingerprint density at radius 2 is 0.958 bits per heavy atom. The number of aromatic nitrogens is 2. The zero-order valence-corrected chi connectivity index (χ0v) is 27.0. The van der Waals surface area contributed by atoms with Gasteiger partial charge in [-0.25, -0.2) is 9.97 Å². The Labute approximate surface area is 277 Å². The summed E-state index contributed by atoms with van der Waals surface area (Å²) in [5, 5.41) is 7.32. The third kappa shape index (κ3) is 6.41. The van der Waals surface area contributed by atoms with E-state index in [0.29, 0.717) is 67.3 Å². The molecule has 0 saturated carbocycles. The van der Waals surface area contributed by atoms with Gasteiger partial charge in [-0.15, -0.1) is 0 Å². The van der Waals surface area contributed by atoms with E-state index in [-0.39, 0.29) is 24.9 Å². The van der Waals surface area contributed by atoms with Gasteiger partial charge in [0.2, 0.25) is 0 Å². The van der Waals surface area contributed by atoms with Crippen molar-refractivity contribution in [2.75, 3.05) is 41.5 Å². The van der Waals surface area contributed by atoms with Crippen molar-refractivity contribution in [2.24, 2.45) is 0 Å². The van der Waals surface area contributed by atoms with E-state index < -0.39 is 0 Å². The molecule has 0 radical (unpaired) electrons. The minimum absolute atomic E-state index is 0.199. The molecule has 0 aliphatic heterocycles. The fourth-order valence-corrected chi connectivity index (χ4v) is 5.57. The number of nitrogens with zero attached hydrogens (tertiary/aromatic N) is 2. The molecule has 0 atom stereocenters. The van der Waals surface area contributed by atoms with Gasteiger partial charge in [0, 0.05) is 47.1 Å². The predicted octanol–water partition coefficient (Wildman–Crippen LogP) is 6.31. The normalized spacial score (nSPS) is 10.8. The number of pyridine rings is 2. The van der Waals surface area contributed by atoms with E-state index in [9.17, 15) is 9.59 Å². The topological polar surface area (TPSA) is 121 Å². The van der Waals surface area contributed by atoms with Crippen LogP contribution in [-0.2, 0) is 0 Å². The molecule has 0 spiro atoms. The minimum Gasteiger partial charge on any atom is -0.497 e. The van der Waals surface area contributed by atoms with Crippen LogP contribution in [0.4, 0.5) is 0 Å². The first-order valence-electron chi connectivity index (χ1n) is 15.2. The van der Waals surface area contributed by atoms with Gasteiger partial charge in [0.05, 0.1) is 62.0 Å². The number of nitrogens with one attached hydrogen (secondary N) is 2. The van der Waals surface area contributed by atoms with Crippen LogP contribution >= 0.6 is 0 Å². The third-order valence-corrected chi connectivity index (χ3v) is 7.99. The van der Waals surface area contributed by atoms with Crippen molar-refractivity contribution < 1.29 is 28.5 Å². The van der Waals surface area contributed by atoms with Gasteiger partial charge in [-0.3, -0.25) is 9.59 Å². The number of fused-ring (bicyclic) bond motifs is 2. The summed E-state index contributed by atoms with van der Waals surface area (Å²) in [6, 6.07) is 29.3. The summed E-state index contributed by atoms with van der Waals surface area (Å²) in [5.74, 6) is 1.85. The Morgan fingerprint density at radius 1 is 0.542 bits per heavy atom. The number of benzene rings is 4. The lowest BCUT2D eigenvalue weighted by Gasteiger charge is -2.14. The Balaban J connectivity index is 1.21. The van der Waals surface area contributed by atoms with E-state index in [0.717, 1.165) is 11.1 Å². The number of amides is 2. The first-order valence-corrected chi connectivity index (χ1v) is 15.2. The monoisotopic (exact) mass is 642 g/mol. The molecule has 6 rings (SSSR count). The van der Waals surface area contributed by atoms with Gasteiger partial charge in [0.25, 0.3) is 11.8 Å². The van der Waals surface area contributed by atoms with Gasteiger partial charge in [-0.05, 0) is 48.5 Å². The van der Waals surface area contributed by atoms with Gasteiger partial charge in [-0.1, -0.05) is 36.4 Å². The number of hydrogen-bond donors (Lipinski definition) is 2. The lowest BCUT2D eigenvalue weighted by atomic mass is 10.0. The zero-order chi connectivity index (χ0) is 33.6. The van der Waals surface area contributed by atoms with Crippen LogP contribution in [0, 0.1) is 0 Å². The molecular weight excluding hydrogens is 608 g/mol. The molecule has 10 heteroatoms. The number of carbonyl (C=O) groups is 2. The van der Waals surface area contributed by atoms with Crippen LogP contribution in [0.5, 0.6) is 23.0 Å². The molecule has 0 aliphatic carbocycles. The minimum atomic E-state index is -0.292. The van der Waals surface area contributed by atoms with E-state index in [1.165, 1.54) is 0 Å². The van der Waals surface area contributed by atoms with Crippen LogP contribution in [0.1, 0.15) is 20.7 Å². The van der Waals surface area contributed by atoms with E-state index in [2.05, 4.69) is 10.6 Å². The molecule has 0 fully saturated rings. The summed E-state index contributed by atoms with van der Waals surface area (Å²) >= 11 is 0. The molecule has 0 bridgehead atoms. The SMILES string of the molecule is COc1ccc(-c2cc(C(=O)NCCNC(=O)c3cc(-c4ccc(OC)cc4OC)nc4ccccc34)c3ccccc3n2)c(OC)c1. The van der Waals surface area contributed by atoms with Crippen LogP contribution in [0.15, 0.2) is 97.1 Å². The van der Waals surface area contributed by atoms with Crippen LogP contribution in [-0.4, -0.2) is 63.3 Å². The second kappa shape index (κ2) is 14.1. The fourth-order valence-electron chi connectivity index (χ4n) is 5.57. The van der Waals surface area contributed by atoms with Crippen molar-refractivity contribution in [1.29, 1.82) is 0 Å². The molecule has 2 N–H and O–H groups in total. The average Bonchev–Trinajstić information content (AvgIpc) is 3.14. The number of hydrogen-bond acceptors (Lipinski definition) is 8. The Kier molecular flexibility index (Phi) is 9.33. The molecule has 0 unspecified atom stereocenters. The maximum absolute atomic E-state index is 13.6. The third-order valence-electron chi connectivity index (χ3n) is 7.99. The predicted molar refractivity (Wildman–Crippen MR) is 185 cm³/mol. The zero-order valence-electron chi connectivity index (χ0n) is 27.0. The molecule has 2 heterocycles. The molecular formula is C38H34N4O6. The first-order chi connectivity index (χ1) is 23.4. The molecule has 0 aliphatic rings. The van der Waals surface area contributed by atoms with Gasteiger partial charge >= 0.3 is 0 Å². The highest BCUT2D eigenvalue weighted by Crippen LogP contribution is 2.35. The molecule has 2 aromatic heterocycles. The summed E-state index contributed by atoms with van der Waals surface area (Å²) in [6.45, 7) is 0.398. The van der Waals surface area contributed by atoms with E-state index in [4.69, 9.17) is 28.9 Å². The van der Waals surface area contributed by atoms with Crippen molar-refractivity contribution in [3.05, 3.63) is 108 Å². The summed E-state index contributed by atoms with van der Waals surface area (Å²) in [6.07, 6.45) is 0. The molecule has 6 aromatic rings. The number of ether oxygens (including phenoxy) is 4. The highest BCUT2D eigenvalue weighted by Gasteiger charge is 2.19. The molecule has 0 saturated heterocycles. The van der Waals surface area contributed by atoms with Crippen molar-refractivity contribution >= 4 is 33.6 Å². The first kappa shape index (κ1) is 31.8. The summed E-state index contributed by atoms with van der Waals surface area (Å²) in [4.78, 5) is 36.7. The van der Waals surface area contributed by atoms with E-state index in [1.54, 1.807) is 52.7 Å². The maximum Gasteiger partial charge on any atom is 0.252 e. The van der Waals surface area contributed by atoms with Crippen LogP contribution in [0.2, 0.25) is 0 Å². The smallest absolute Gasteiger partial charge is 0.252 e. The summed E-state index contributed by atoms with van der Waals surface area (Å²) < 4.78 is 21.9. The largest absolute Gasteiger partial charge is 0.497 e. The highest BCUT2D eigenvalue weighted by molar-refractivity contribution is 6.08. The standard InChI is InChI=1S/C38H34N4O6/c1-45-23-13-15-27(35(19-23)47-3)33-21-29(25-9-5-7-11-31(25)41-33)37(43)39-17-18-40-38(44)30-22-34(42-32-12-8-6-10-26(30)32)28-16-14-24(46-2)20-36(28)48-4/h5-16,19-22H,17-18H2,1-4H3,(H,39,43)(H,40,44). The summed E-state index contributed by atoms with van der Waals surface area (Å²) in [5.41, 5.74) is 4.86. The van der Waals surface area contributed by atoms with Crippen LogP contribution < -0.4 is 29.6 Å². The molecule has 48 heavy (non-hydrogen) atoms. The lowest BCUT2D eigenvalue weighted by molar-refractivity contribution is 0.0929. The van der Waals surface area contributed by atoms with Crippen LogP contribution in [0.3, 0.4) is 0 Å². The molecule has 4 aromatic carbocycles. The van der Waals surface area contributed by atoms with Crippen molar-refractivity contribution in [3.63, 3.8) is 0 Å². The number of carbonyl (C=O) groups excluding carboxylic acids is 2. The van der Waals surface area contributed by atoms with Gasteiger partial charge in [-0.2, -0.15) is 0 Å². The van der Waals surface area contributed by atoms with Crippen LogP contribution in [0.25, 0.3) is 44.3 Å². The fraction of sp³-hybridized carbons (Fsp3) is 0.158. The molecule has 10 nitrogen and oxygen atoms in total. The van der Waals surface area contributed by atoms with Crippen molar-refractivity contribution in [2.45, 2.75) is 0 Å². The second-order valence-corrected chi connectivity index (χ2v) is 10.8.